The van der Waals surface area contributed by atoms with Gasteiger partial charge >= 0.3 is 5.97 Å². The molecule has 0 spiro atoms. The average molecular weight is 310 g/mol. The molecule has 1 aromatic rings. The molecule has 0 aromatic heterocycles. The molecule has 5 nitrogen and oxygen atoms in total. The Kier molecular flexibility index (Phi) is 3.63. The number of aliphatic hydroxyl groups excluding tert-OH is 1. The van der Waals surface area contributed by atoms with Gasteiger partial charge in [0.1, 0.15) is 0 Å². The fraction of sp³-hybridized carbons (Fsp3) is 0.467. The van der Waals surface area contributed by atoms with Gasteiger partial charge in [-0.1, -0.05) is 18.0 Å². The first kappa shape index (κ1) is 14.4. The van der Waals surface area contributed by atoms with E-state index in [1.807, 2.05) is 0 Å². The number of carbonyl (C=O) groups excluding carboxylic acids is 1. The molecule has 1 fully saturated rings. The van der Waals surface area contributed by atoms with E-state index in [4.69, 9.17) is 11.6 Å². The molecule has 3 unspecified atom stereocenters. The lowest BCUT2D eigenvalue weighted by Gasteiger charge is -2.23. The van der Waals surface area contributed by atoms with Crippen LogP contribution in [0.1, 0.15) is 36.5 Å². The fourth-order valence-electron chi connectivity index (χ4n) is 3.40. The summed E-state index contributed by atoms with van der Waals surface area (Å²) in [5.41, 5.74) is 1.98. The Bertz CT molecular complexity index is 616. The van der Waals surface area contributed by atoms with Gasteiger partial charge in [0, 0.05) is 16.6 Å². The van der Waals surface area contributed by atoms with E-state index in [-0.39, 0.29) is 18.2 Å². The first-order valence-electron chi connectivity index (χ1n) is 7.00. The normalized spacial score (nSPS) is 25.5. The summed E-state index contributed by atoms with van der Waals surface area (Å²) < 4.78 is 0. The monoisotopic (exact) mass is 309 g/mol. The second-order valence-corrected chi connectivity index (χ2v) is 6.15. The van der Waals surface area contributed by atoms with E-state index in [0.717, 1.165) is 12.0 Å². The summed E-state index contributed by atoms with van der Waals surface area (Å²) in [4.78, 5) is 22.7. The van der Waals surface area contributed by atoms with E-state index in [1.165, 1.54) is 0 Å². The zero-order valence-corrected chi connectivity index (χ0v) is 12.1. The number of aliphatic hydroxyl groups is 1. The number of benzene rings is 1. The van der Waals surface area contributed by atoms with Crippen LogP contribution in [0, 0.1) is 11.8 Å². The number of carbonyl (C=O) groups is 2. The molecule has 0 radical (unpaired) electrons. The maximum absolute atomic E-state index is 11.4. The maximum atomic E-state index is 11.4. The third kappa shape index (κ3) is 2.51. The Morgan fingerprint density at radius 3 is 2.86 bits per heavy atom. The van der Waals surface area contributed by atoms with Crippen LogP contribution in [0.15, 0.2) is 12.1 Å². The lowest BCUT2D eigenvalue weighted by atomic mass is 9.86. The molecule has 3 N–H and O–H groups in total. The van der Waals surface area contributed by atoms with Crippen LogP contribution in [0.5, 0.6) is 0 Å². The number of halogens is 1. The molecular weight excluding hydrogens is 294 g/mol. The van der Waals surface area contributed by atoms with Crippen molar-refractivity contribution in [2.75, 3.05) is 5.32 Å². The summed E-state index contributed by atoms with van der Waals surface area (Å²) >= 11 is 6.20. The molecule has 1 aliphatic carbocycles. The molecule has 6 heteroatoms. The third-order valence-corrected chi connectivity index (χ3v) is 4.79. The molecule has 0 bridgehead atoms. The van der Waals surface area contributed by atoms with Gasteiger partial charge in [0.15, 0.2) is 0 Å². The number of anilines is 1. The number of hydrogen-bond acceptors (Lipinski definition) is 3. The van der Waals surface area contributed by atoms with Crippen molar-refractivity contribution in [2.24, 2.45) is 11.8 Å². The van der Waals surface area contributed by atoms with Crippen molar-refractivity contribution in [3.05, 3.63) is 28.3 Å². The Morgan fingerprint density at radius 1 is 1.38 bits per heavy atom. The predicted octanol–water partition coefficient (Wildman–Crippen LogP) is 2.37. The minimum atomic E-state index is -0.915. The summed E-state index contributed by atoms with van der Waals surface area (Å²) in [5.74, 6) is -1.84. The number of hydrogen-bond donors (Lipinski definition) is 3. The molecule has 0 saturated heterocycles. The Labute approximate surface area is 126 Å². The van der Waals surface area contributed by atoms with Crippen LogP contribution >= 0.6 is 11.6 Å². The Hall–Kier alpha value is -1.59. The number of carboxylic acid groups (broad SMARTS) is 1. The van der Waals surface area contributed by atoms with Crippen molar-refractivity contribution >= 4 is 29.2 Å². The number of fused-ring (bicyclic) bond motifs is 1. The van der Waals surface area contributed by atoms with Gasteiger partial charge in [0.05, 0.1) is 18.4 Å². The van der Waals surface area contributed by atoms with Gasteiger partial charge in [-0.2, -0.15) is 0 Å². The first-order chi connectivity index (χ1) is 9.97. The van der Waals surface area contributed by atoms with E-state index in [2.05, 4.69) is 5.32 Å². The van der Waals surface area contributed by atoms with Gasteiger partial charge in [0.25, 0.3) is 0 Å². The van der Waals surface area contributed by atoms with Gasteiger partial charge in [-0.25, -0.2) is 0 Å². The summed E-state index contributed by atoms with van der Waals surface area (Å²) in [6.07, 6.45) is 1.39. The highest BCUT2D eigenvalue weighted by atomic mass is 35.5. The van der Waals surface area contributed by atoms with Crippen LogP contribution in [0.3, 0.4) is 0 Å². The van der Waals surface area contributed by atoms with Crippen LogP contribution in [0.25, 0.3) is 0 Å². The van der Waals surface area contributed by atoms with Gasteiger partial charge < -0.3 is 15.5 Å². The van der Waals surface area contributed by atoms with Crippen LogP contribution in [0.4, 0.5) is 5.69 Å². The van der Waals surface area contributed by atoms with Crippen LogP contribution in [-0.4, -0.2) is 22.1 Å². The van der Waals surface area contributed by atoms with E-state index in [0.29, 0.717) is 29.1 Å². The summed E-state index contributed by atoms with van der Waals surface area (Å²) in [6, 6.07) is 3.35. The van der Waals surface area contributed by atoms with Crippen molar-refractivity contribution in [2.45, 2.75) is 31.8 Å². The topological polar surface area (TPSA) is 86.6 Å². The molecule has 1 saturated carbocycles. The van der Waals surface area contributed by atoms with Gasteiger partial charge in [-0.3, -0.25) is 9.59 Å². The standard InChI is InChI=1S/C15H16ClNO4/c16-11-6-12-7(5-13(18)17-12)4-10(11)14(19)8-2-1-3-9(8)15(20)21/h4,6,8-9,14,19H,1-3,5H2,(H,17,18)(H,20,21). The molecule has 1 amide bonds. The quantitative estimate of drug-likeness (QED) is 0.800. The van der Waals surface area contributed by atoms with E-state index < -0.39 is 18.0 Å². The number of carboxylic acids is 1. The molecule has 112 valence electrons. The van der Waals surface area contributed by atoms with Crippen molar-refractivity contribution in [1.82, 2.24) is 0 Å². The SMILES string of the molecule is O=C1Cc2cc(C(O)C3CCCC3C(=O)O)c(Cl)cc2N1. The number of aliphatic carboxylic acids is 1. The fourth-order valence-corrected chi connectivity index (χ4v) is 3.67. The second-order valence-electron chi connectivity index (χ2n) is 5.74. The van der Waals surface area contributed by atoms with Crippen molar-refractivity contribution in [1.29, 1.82) is 0 Å². The summed E-state index contributed by atoms with van der Waals surface area (Å²) in [6.45, 7) is 0. The lowest BCUT2D eigenvalue weighted by molar-refractivity contribution is -0.144. The molecule has 1 aromatic carbocycles. The minimum absolute atomic E-state index is 0.100. The highest BCUT2D eigenvalue weighted by Gasteiger charge is 2.39. The smallest absolute Gasteiger partial charge is 0.306 e. The molecule has 1 aliphatic heterocycles. The third-order valence-electron chi connectivity index (χ3n) is 4.46. The van der Waals surface area contributed by atoms with Crippen molar-refractivity contribution in [3.8, 4) is 0 Å². The average Bonchev–Trinajstić information content (AvgIpc) is 3.02. The molecule has 2 aliphatic rings. The molecule has 3 atom stereocenters. The minimum Gasteiger partial charge on any atom is -0.481 e. The summed E-state index contributed by atoms with van der Waals surface area (Å²) in [5, 5.41) is 22.9. The number of rotatable bonds is 3. The molecule has 1 heterocycles. The second kappa shape index (κ2) is 5.31. The van der Waals surface area contributed by atoms with Gasteiger partial charge in [-0.05, 0) is 36.1 Å². The van der Waals surface area contributed by atoms with E-state index >= 15 is 0 Å². The highest BCUT2D eigenvalue weighted by molar-refractivity contribution is 6.32. The Balaban J connectivity index is 1.92. The number of nitrogens with one attached hydrogen (secondary N) is 1. The zero-order valence-electron chi connectivity index (χ0n) is 11.3. The maximum Gasteiger partial charge on any atom is 0.306 e. The van der Waals surface area contributed by atoms with Crippen molar-refractivity contribution < 1.29 is 19.8 Å². The predicted molar refractivity (Wildman–Crippen MR) is 77.2 cm³/mol. The van der Waals surface area contributed by atoms with E-state index in [1.54, 1.807) is 12.1 Å². The highest BCUT2D eigenvalue weighted by Crippen LogP contribution is 2.43. The van der Waals surface area contributed by atoms with Crippen LogP contribution < -0.4 is 5.32 Å². The van der Waals surface area contributed by atoms with E-state index in [9.17, 15) is 19.8 Å². The molecular formula is C15H16ClNO4. The first-order valence-corrected chi connectivity index (χ1v) is 7.38. The van der Waals surface area contributed by atoms with Gasteiger partial charge in [0.2, 0.25) is 5.91 Å². The Morgan fingerprint density at radius 2 is 2.14 bits per heavy atom. The van der Waals surface area contributed by atoms with Crippen LogP contribution in [0.2, 0.25) is 5.02 Å². The summed E-state index contributed by atoms with van der Waals surface area (Å²) in [7, 11) is 0. The zero-order chi connectivity index (χ0) is 15.1. The van der Waals surface area contributed by atoms with Gasteiger partial charge in [-0.15, -0.1) is 0 Å². The number of amides is 1. The largest absolute Gasteiger partial charge is 0.481 e. The molecule has 21 heavy (non-hydrogen) atoms. The lowest BCUT2D eigenvalue weighted by Crippen LogP contribution is -2.24. The van der Waals surface area contributed by atoms with Crippen molar-refractivity contribution in [3.63, 3.8) is 0 Å². The van der Waals surface area contributed by atoms with Crippen LogP contribution in [-0.2, 0) is 16.0 Å². The molecule has 3 rings (SSSR count).